The molecule has 0 aromatic heterocycles. The molecular formula is C19H28N2O5. The first-order valence-corrected chi connectivity index (χ1v) is 8.72. The summed E-state index contributed by atoms with van der Waals surface area (Å²) in [5.41, 5.74) is 0.541. The van der Waals surface area contributed by atoms with E-state index in [1.54, 1.807) is 12.1 Å². The molecule has 1 saturated heterocycles. The SMILES string of the molecule is CC(=O)N[C@@H](C)c1ccc(OC2C(O)CN(C(=O)O)C2C(C)(C)C)cc1. The molecule has 7 heteroatoms. The van der Waals surface area contributed by atoms with Crippen LogP contribution in [0.3, 0.4) is 0 Å². The maximum Gasteiger partial charge on any atom is 0.407 e. The molecule has 0 spiro atoms. The van der Waals surface area contributed by atoms with Crippen LogP contribution >= 0.6 is 0 Å². The molecule has 1 heterocycles. The van der Waals surface area contributed by atoms with Gasteiger partial charge in [-0.05, 0) is 30.0 Å². The topological polar surface area (TPSA) is 99.1 Å². The van der Waals surface area contributed by atoms with E-state index in [0.717, 1.165) is 5.56 Å². The molecule has 2 rings (SSSR count). The van der Waals surface area contributed by atoms with Crippen LogP contribution in [-0.2, 0) is 4.79 Å². The van der Waals surface area contributed by atoms with E-state index in [2.05, 4.69) is 5.32 Å². The molecule has 4 atom stereocenters. The van der Waals surface area contributed by atoms with Crippen LogP contribution in [0.15, 0.2) is 24.3 Å². The minimum atomic E-state index is -1.06. The number of nitrogens with one attached hydrogen (secondary N) is 1. The van der Waals surface area contributed by atoms with E-state index in [1.807, 2.05) is 39.8 Å². The first kappa shape index (κ1) is 20.0. The Labute approximate surface area is 154 Å². The summed E-state index contributed by atoms with van der Waals surface area (Å²) in [7, 11) is 0. The second kappa shape index (κ2) is 7.53. The Morgan fingerprint density at radius 1 is 1.27 bits per heavy atom. The quantitative estimate of drug-likeness (QED) is 0.762. The van der Waals surface area contributed by atoms with Crippen molar-refractivity contribution in [1.29, 1.82) is 0 Å². The van der Waals surface area contributed by atoms with Crippen molar-refractivity contribution in [3.8, 4) is 5.75 Å². The number of benzene rings is 1. The molecule has 1 fully saturated rings. The van der Waals surface area contributed by atoms with Gasteiger partial charge in [-0.15, -0.1) is 0 Å². The van der Waals surface area contributed by atoms with E-state index in [-0.39, 0.29) is 23.9 Å². The van der Waals surface area contributed by atoms with Gasteiger partial charge in [0.2, 0.25) is 5.91 Å². The van der Waals surface area contributed by atoms with Gasteiger partial charge in [-0.25, -0.2) is 4.79 Å². The van der Waals surface area contributed by atoms with Gasteiger partial charge in [0.25, 0.3) is 0 Å². The smallest absolute Gasteiger partial charge is 0.407 e. The summed E-state index contributed by atoms with van der Waals surface area (Å²) < 4.78 is 5.98. The van der Waals surface area contributed by atoms with Gasteiger partial charge in [0, 0.05) is 6.92 Å². The Bertz CT molecular complexity index is 653. The monoisotopic (exact) mass is 364 g/mol. The normalized spacial score (nSPS) is 24.2. The van der Waals surface area contributed by atoms with Crippen molar-refractivity contribution in [2.45, 2.75) is 58.9 Å². The van der Waals surface area contributed by atoms with Crippen LogP contribution in [0.2, 0.25) is 0 Å². The second-order valence-electron chi connectivity index (χ2n) is 7.89. The third-order valence-corrected chi connectivity index (χ3v) is 4.61. The molecule has 1 aliphatic rings. The molecule has 0 bridgehead atoms. The number of amides is 2. The van der Waals surface area contributed by atoms with Gasteiger partial charge in [0.1, 0.15) is 18.0 Å². The Balaban J connectivity index is 2.18. The van der Waals surface area contributed by atoms with E-state index in [4.69, 9.17) is 4.74 Å². The summed E-state index contributed by atoms with van der Waals surface area (Å²) in [6.45, 7) is 9.18. The van der Waals surface area contributed by atoms with Gasteiger partial charge in [0.15, 0.2) is 0 Å². The molecule has 0 aliphatic carbocycles. The van der Waals surface area contributed by atoms with Gasteiger partial charge in [-0.2, -0.15) is 0 Å². The number of hydrogen-bond donors (Lipinski definition) is 3. The number of ether oxygens (including phenoxy) is 1. The fourth-order valence-corrected chi connectivity index (χ4v) is 3.49. The third-order valence-electron chi connectivity index (χ3n) is 4.61. The molecule has 1 aromatic rings. The lowest BCUT2D eigenvalue weighted by atomic mass is 9.83. The predicted molar refractivity (Wildman–Crippen MR) is 97.1 cm³/mol. The number of nitrogens with zero attached hydrogens (tertiary/aromatic N) is 1. The largest absolute Gasteiger partial charge is 0.485 e. The van der Waals surface area contributed by atoms with E-state index in [9.17, 15) is 19.8 Å². The summed E-state index contributed by atoms with van der Waals surface area (Å²) in [5.74, 6) is 0.447. The molecule has 3 unspecified atom stereocenters. The lowest BCUT2D eigenvalue weighted by Gasteiger charge is -2.36. The van der Waals surface area contributed by atoms with Gasteiger partial charge >= 0.3 is 6.09 Å². The van der Waals surface area contributed by atoms with Crippen molar-refractivity contribution in [1.82, 2.24) is 10.2 Å². The Kier molecular flexibility index (Phi) is 5.81. The average Bonchev–Trinajstić information content (AvgIpc) is 2.84. The van der Waals surface area contributed by atoms with E-state index >= 15 is 0 Å². The van der Waals surface area contributed by atoms with Crippen LogP contribution in [0.1, 0.15) is 46.2 Å². The molecule has 1 aromatic carbocycles. The van der Waals surface area contributed by atoms with Crippen molar-refractivity contribution < 1.29 is 24.5 Å². The summed E-state index contributed by atoms with van der Waals surface area (Å²) in [6, 6.07) is 6.64. The van der Waals surface area contributed by atoms with Crippen LogP contribution in [-0.4, -0.2) is 51.9 Å². The van der Waals surface area contributed by atoms with Crippen LogP contribution in [0.5, 0.6) is 5.75 Å². The standard InChI is InChI=1S/C19H28N2O5/c1-11(20-12(2)22)13-6-8-14(9-7-13)26-16-15(23)10-21(18(24)25)17(16)19(3,4)5/h6-9,11,15-17,23H,10H2,1-5H3,(H,20,22)(H,24,25)/t11-,15?,16?,17?/m0/s1. The second-order valence-corrected chi connectivity index (χ2v) is 7.89. The molecule has 144 valence electrons. The van der Waals surface area contributed by atoms with Gasteiger partial charge in [-0.3, -0.25) is 9.69 Å². The summed E-state index contributed by atoms with van der Waals surface area (Å²) in [6.07, 6.45) is -2.60. The Hall–Kier alpha value is -2.28. The fraction of sp³-hybridized carbons (Fsp3) is 0.579. The molecule has 0 radical (unpaired) electrons. The Morgan fingerprint density at radius 3 is 2.31 bits per heavy atom. The molecule has 1 aliphatic heterocycles. The highest BCUT2D eigenvalue weighted by molar-refractivity contribution is 5.73. The fourth-order valence-electron chi connectivity index (χ4n) is 3.49. The zero-order valence-electron chi connectivity index (χ0n) is 15.9. The maximum atomic E-state index is 11.5. The van der Waals surface area contributed by atoms with Gasteiger partial charge in [-0.1, -0.05) is 32.9 Å². The number of likely N-dealkylation sites (tertiary alicyclic amines) is 1. The minimum Gasteiger partial charge on any atom is -0.485 e. The Morgan fingerprint density at radius 2 is 1.85 bits per heavy atom. The van der Waals surface area contributed by atoms with Crippen LogP contribution in [0.4, 0.5) is 4.79 Å². The molecule has 2 amide bonds. The zero-order valence-corrected chi connectivity index (χ0v) is 15.9. The minimum absolute atomic E-state index is 0.0274. The summed E-state index contributed by atoms with van der Waals surface area (Å²) in [4.78, 5) is 23.9. The van der Waals surface area contributed by atoms with Crippen LogP contribution in [0, 0.1) is 5.41 Å². The highest BCUT2D eigenvalue weighted by atomic mass is 16.5. The molecular weight excluding hydrogens is 336 g/mol. The first-order chi connectivity index (χ1) is 12.0. The maximum absolute atomic E-state index is 11.5. The van der Waals surface area contributed by atoms with Crippen LogP contribution in [0.25, 0.3) is 0 Å². The molecule has 7 nitrogen and oxygen atoms in total. The number of hydrogen-bond acceptors (Lipinski definition) is 4. The number of carbonyl (C=O) groups excluding carboxylic acids is 1. The lowest BCUT2D eigenvalue weighted by Crippen LogP contribution is -2.49. The number of carboxylic acid groups (broad SMARTS) is 1. The number of aliphatic hydroxyl groups excluding tert-OH is 1. The van der Waals surface area contributed by atoms with Gasteiger partial charge in [0.05, 0.1) is 18.6 Å². The predicted octanol–water partition coefficient (Wildman–Crippen LogP) is 2.40. The highest BCUT2D eigenvalue weighted by Gasteiger charge is 2.50. The number of rotatable bonds is 4. The number of aliphatic hydroxyl groups is 1. The van der Waals surface area contributed by atoms with E-state index < -0.39 is 24.3 Å². The average molecular weight is 364 g/mol. The van der Waals surface area contributed by atoms with Crippen molar-refractivity contribution in [2.24, 2.45) is 5.41 Å². The number of β-amino-alcohol motifs (C(OH)–C–C–N with tert-alkyl or cyclic N) is 1. The number of carbonyl (C=O) groups is 2. The van der Waals surface area contributed by atoms with Crippen LogP contribution < -0.4 is 10.1 Å². The van der Waals surface area contributed by atoms with Crippen molar-refractivity contribution >= 4 is 12.0 Å². The third kappa shape index (κ3) is 4.46. The zero-order chi connectivity index (χ0) is 19.6. The lowest BCUT2D eigenvalue weighted by molar-refractivity contribution is -0.119. The van der Waals surface area contributed by atoms with Crippen molar-refractivity contribution in [3.05, 3.63) is 29.8 Å². The van der Waals surface area contributed by atoms with E-state index in [1.165, 1.54) is 11.8 Å². The van der Waals surface area contributed by atoms with Crippen molar-refractivity contribution in [2.75, 3.05) is 6.54 Å². The van der Waals surface area contributed by atoms with Gasteiger partial charge < -0.3 is 20.3 Å². The summed E-state index contributed by atoms with van der Waals surface area (Å²) in [5, 5.41) is 22.6. The summed E-state index contributed by atoms with van der Waals surface area (Å²) >= 11 is 0. The molecule has 0 saturated carbocycles. The van der Waals surface area contributed by atoms with Crippen molar-refractivity contribution in [3.63, 3.8) is 0 Å². The highest BCUT2D eigenvalue weighted by Crippen LogP contribution is 2.35. The molecule has 3 N–H and O–H groups in total. The first-order valence-electron chi connectivity index (χ1n) is 8.72. The molecule has 26 heavy (non-hydrogen) atoms. The van der Waals surface area contributed by atoms with E-state index in [0.29, 0.717) is 5.75 Å².